The zero-order valence-corrected chi connectivity index (χ0v) is 44.3. The lowest BCUT2D eigenvalue weighted by Crippen LogP contribution is -2.30. The number of allylic oxidation sites excluding steroid dienone is 19. The molecule has 0 heterocycles. The lowest BCUT2D eigenvalue weighted by atomic mass is 10.1. The van der Waals surface area contributed by atoms with Gasteiger partial charge in [-0.15, -0.1) is 0 Å². The molecule has 0 N–H and O–H groups in total. The van der Waals surface area contributed by atoms with Gasteiger partial charge in [0.25, 0.3) is 0 Å². The maximum absolute atomic E-state index is 12.8. The fourth-order valence-electron chi connectivity index (χ4n) is 7.32. The highest BCUT2D eigenvalue weighted by atomic mass is 16.6. The number of rotatable bonds is 50. The van der Waals surface area contributed by atoms with Gasteiger partial charge in [0, 0.05) is 12.8 Å². The molecular formula is C63H104O5. The van der Waals surface area contributed by atoms with Crippen molar-refractivity contribution >= 4 is 11.9 Å². The molecule has 0 bridgehead atoms. The summed E-state index contributed by atoms with van der Waals surface area (Å²) in [6, 6.07) is 0. The smallest absolute Gasteiger partial charge is 0.306 e. The van der Waals surface area contributed by atoms with E-state index in [1.807, 2.05) is 0 Å². The van der Waals surface area contributed by atoms with E-state index < -0.39 is 6.10 Å². The molecule has 0 aliphatic heterocycles. The summed E-state index contributed by atoms with van der Waals surface area (Å²) in [6.07, 6.45) is 80.9. The van der Waals surface area contributed by atoms with Gasteiger partial charge in [0.1, 0.15) is 6.61 Å². The predicted molar refractivity (Wildman–Crippen MR) is 297 cm³/mol. The van der Waals surface area contributed by atoms with Crippen LogP contribution in [0.25, 0.3) is 0 Å². The second-order valence-electron chi connectivity index (χ2n) is 18.1. The first kappa shape index (κ1) is 64.3. The maximum atomic E-state index is 12.8. The van der Waals surface area contributed by atoms with Crippen LogP contribution < -0.4 is 0 Å². The summed E-state index contributed by atoms with van der Waals surface area (Å²) in [7, 11) is 0. The van der Waals surface area contributed by atoms with Crippen LogP contribution in [0.4, 0.5) is 0 Å². The summed E-state index contributed by atoms with van der Waals surface area (Å²) < 4.78 is 17.3. The van der Waals surface area contributed by atoms with Crippen LogP contribution in [-0.2, 0) is 23.8 Å². The number of carbonyl (C=O) groups excluding carboxylic acids is 2. The van der Waals surface area contributed by atoms with Crippen molar-refractivity contribution in [2.45, 2.75) is 245 Å². The molecule has 0 saturated carbocycles. The Morgan fingerprint density at radius 2 is 0.662 bits per heavy atom. The average Bonchev–Trinajstić information content (AvgIpc) is 3.34. The molecule has 0 saturated heterocycles. The minimum Gasteiger partial charge on any atom is -0.462 e. The number of hydrogen-bond donors (Lipinski definition) is 0. The highest BCUT2D eigenvalue weighted by Crippen LogP contribution is 2.13. The van der Waals surface area contributed by atoms with Gasteiger partial charge in [-0.3, -0.25) is 9.59 Å². The maximum Gasteiger partial charge on any atom is 0.306 e. The van der Waals surface area contributed by atoms with Crippen molar-refractivity contribution in [2.75, 3.05) is 19.8 Å². The molecule has 1 unspecified atom stereocenters. The summed E-state index contributed by atoms with van der Waals surface area (Å²) in [5.74, 6) is -0.466. The summed E-state index contributed by atoms with van der Waals surface area (Å²) in [6.45, 7) is 7.43. The molecule has 1 atom stereocenters. The van der Waals surface area contributed by atoms with Crippen molar-refractivity contribution in [2.24, 2.45) is 0 Å². The zero-order valence-electron chi connectivity index (χ0n) is 44.3. The van der Waals surface area contributed by atoms with Crippen LogP contribution in [0.1, 0.15) is 239 Å². The summed E-state index contributed by atoms with van der Waals surface area (Å²) in [4.78, 5) is 25.5. The van der Waals surface area contributed by atoms with Gasteiger partial charge in [-0.05, 0) is 122 Å². The van der Waals surface area contributed by atoms with Gasteiger partial charge in [0.2, 0.25) is 0 Å². The molecule has 5 heteroatoms. The third-order valence-corrected chi connectivity index (χ3v) is 11.5. The van der Waals surface area contributed by atoms with E-state index >= 15 is 0 Å². The molecular weight excluding hydrogens is 837 g/mol. The second kappa shape index (κ2) is 57.6. The van der Waals surface area contributed by atoms with Gasteiger partial charge < -0.3 is 14.2 Å². The van der Waals surface area contributed by atoms with Crippen molar-refractivity contribution in [3.05, 3.63) is 122 Å². The van der Waals surface area contributed by atoms with Gasteiger partial charge >= 0.3 is 11.9 Å². The molecule has 68 heavy (non-hydrogen) atoms. The summed E-state index contributed by atoms with van der Waals surface area (Å²) >= 11 is 0. The Hall–Kier alpha value is -3.70. The molecule has 0 radical (unpaired) electrons. The first-order valence-electron chi connectivity index (χ1n) is 28.1. The number of ether oxygens (including phenoxy) is 3. The Bertz CT molecular complexity index is 1390. The van der Waals surface area contributed by atoms with Crippen molar-refractivity contribution in [3.8, 4) is 0 Å². The van der Waals surface area contributed by atoms with Crippen molar-refractivity contribution in [1.29, 1.82) is 0 Å². The lowest BCUT2D eigenvalue weighted by molar-refractivity contribution is -0.162. The van der Waals surface area contributed by atoms with E-state index in [4.69, 9.17) is 14.2 Å². The monoisotopic (exact) mass is 941 g/mol. The Labute approximate surface area is 420 Å². The van der Waals surface area contributed by atoms with Crippen LogP contribution in [-0.4, -0.2) is 37.9 Å². The lowest BCUT2D eigenvalue weighted by Gasteiger charge is -2.18. The molecule has 0 aliphatic carbocycles. The highest BCUT2D eigenvalue weighted by molar-refractivity contribution is 5.70. The molecule has 5 nitrogen and oxygen atoms in total. The van der Waals surface area contributed by atoms with E-state index in [1.54, 1.807) is 0 Å². The Morgan fingerprint density at radius 3 is 1.06 bits per heavy atom. The van der Waals surface area contributed by atoms with E-state index in [0.29, 0.717) is 19.4 Å². The number of unbranched alkanes of at least 4 members (excludes halogenated alkanes) is 19. The molecule has 0 aliphatic rings. The standard InChI is InChI=1S/C63H104O5/c1-4-7-10-13-16-19-22-25-28-31-32-34-35-38-41-44-47-50-53-56-62(64)67-60-61(59-66-58-55-52-49-46-43-40-37-30-27-24-21-18-15-12-9-6-3)68-63(65)57-54-51-48-45-42-39-36-33-29-26-23-20-17-14-11-8-5-2/h9,12,16-21,25-30,32,34,40,43,49,52,61H,4-8,10-11,13-15,22-24,31,33,35-39,41-42,44-48,50-51,53-60H2,1-3H3/b12-9-,19-16-,20-17-,21-18-,28-25-,29-26-,30-27-,34-32-,43-40-,52-49-. The van der Waals surface area contributed by atoms with Crippen LogP contribution in [0.3, 0.4) is 0 Å². The van der Waals surface area contributed by atoms with Crippen molar-refractivity contribution in [1.82, 2.24) is 0 Å². The molecule has 0 rings (SSSR count). The van der Waals surface area contributed by atoms with E-state index in [9.17, 15) is 9.59 Å². The normalized spacial score (nSPS) is 13.2. The van der Waals surface area contributed by atoms with Crippen LogP contribution in [0.5, 0.6) is 0 Å². The molecule has 0 aromatic heterocycles. The number of hydrogen-bond acceptors (Lipinski definition) is 5. The molecule has 0 aromatic rings. The minimum absolute atomic E-state index is 0.0384. The fourth-order valence-corrected chi connectivity index (χ4v) is 7.32. The van der Waals surface area contributed by atoms with Crippen LogP contribution in [0, 0.1) is 0 Å². The van der Waals surface area contributed by atoms with E-state index in [2.05, 4.69) is 142 Å². The van der Waals surface area contributed by atoms with Gasteiger partial charge in [-0.25, -0.2) is 0 Å². The quantitative estimate of drug-likeness (QED) is 0.0345. The van der Waals surface area contributed by atoms with Crippen LogP contribution in [0.15, 0.2) is 122 Å². The van der Waals surface area contributed by atoms with Crippen LogP contribution in [0.2, 0.25) is 0 Å². The zero-order chi connectivity index (χ0) is 49.2. The SMILES string of the molecule is CC/C=C\C/C=C\C/C=C\C/C=C\C/C=C\CCOCC(COC(=O)CCCCCCCC/C=C\C/C=C\C/C=C\CCCCC)OC(=O)CCCCCCCCC/C=C\C/C=C\CCCCC. The summed E-state index contributed by atoms with van der Waals surface area (Å²) in [5, 5.41) is 0. The van der Waals surface area contributed by atoms with Gasteiger partial charge in [0.05, 0.1) is 13.2 Å². The second-order valence-corrected chi connectivity index (χ2v) is 18.1. The minimum atomic E-state index is -0.594. The van der Waals surface area contributed by atoms with E-state index in [1.165, 1.54) is 96.3 Å². The molecule has 0 aromatic carbocycles. The molecule has 386 valence electrons. The van der Waals surface area contributed by atoms with E-state index in [0.717, 1.165) is 109 Å². The van der Waals surface area contributed by atoms with Gasteiger partial charge in [-0.1, -0.05) is 226 Å². The topological polar surface area (TPSA) is 61.8 Å². The molecule has 0 amide bonds. The Balaban J connectivity index is 4.43. The third kappa shape index (κ3) is 54.9. The van der Waals surface area contributed by atoms with Crippen LogP contribution >= 0.6 is 0 Å². The highest BCUT2D eigenvalue weighted by Gasteiger charge is 2.17. The predicted octanol–water partition coefficient (Wildman–Crippen LogP) is 19.3. The first-order valence-corrected chi connectivity index (χ1v) is 28.1. The van der Waals surface area contributed by atoms with Crippen molar-refractivity contribution in [3.63, 3.8) is 0 Å². The largest absolute Gasteiger partial charge is 0.462 e. The molecule has 0 fully saturated rings. The fraction of sp³-hybridized carbons (Fsp3) is 0.651. The Kier molecular flexibility index (Phi) is 54.5. The number of esters is 2. The average molecular weight is 942 g/mol. The van der Waals surface area contributed by atoms with E-state index in [-0.39, 0.29) is 25.2 Å². The first-order chi connectivity index (χ1) is 33.6. The third-order valence-electron chi connectivity index (χ3n) is 11.5. The Morgan fingerprint density at radius 1 is 0.338 bits per heavy atom. The molecule has 0 spiro atoms. The number of carbonyl (C=O) groups is 2. The summed E-state index contributed by atoms with van der Waals surface area (Å²) in [5.41, 5.74) is 0. The van der Waals surface area contributed by atoms with Crippen molar-refractivity contribution < 1.29 is 23.8 Å². The van der Waals surface area contributed by atoms with Gasteiger partial charge in [-0.2, -0.15) is 0 Å². The van der Waals surface area contributed by atoms with Gasteiger partial charge in [0.15, 0.2) is 6.10 Å².